The number of hydrogen-bond acceptors (Lipinski definition) is 6. The van der Waals surface area contributed by atoms with Crippen LogP contribution in [0.2, 0.25) is 0 Å². The lowest BCUT2D eigenvalue weighted by atomic mass is 10.2. The van der Waals surface area contributed by atoms with Crippen molar-refractivity contribution in [2.45, 2.75) is 0 Å². The molecule has 1 aliphatic heterocycles. The van der Waals surface area contributed by atoms with Gasteiger partial charge in [0.25, 0.3) is 11.6 Å². The van der Waals surface area contributed by atoms with E-state index in [9.17, 15) is 24.5 Å². The predicted octanol–water partition coefficient (Wildman–Crippen LogP) is 0.303. The lowest BCUT2D eigenvalue weighted by molar-refractivity contribution is -0.384. The van der Waals surface area contributed by atoms with Gasteiger partial charge in [-0.3, -0.25) is 19.8 Å². The lowest BCUT2D eigenvalue weighted by Gasteiger charge is -2.12. The Morgan fingerprint density at radius 1 is 1.33 bits per heavy atom. The number of imide groups is 1. The topological polar surface area (TPSA) is 119 Å². The fourth-order valence-corrected chi connectivity index (χ4v) is 1.72. The van der Waals surface area contributed by atoms with Crippen molar-refractivity contribution in [3.63, 3.8) is 0 Å². The summed E-state index contributed by atoms with van der Waals surface area (Å²) in [6.45, 7) is 0.0247. The van der Waals surface area contributed by atoms with E-state index in [0.29, 0.717) is 6.54 Å². The minimum absolute atomic E-state index is 0.0827. The SMILES string of the molecule is O=C(OCC(=O)N1CCNC1=O)c1ccc([N+](=O)[O-])cc1. The molecule has 0 saturated carbocycles. The fourth-order valence-electron chi connectivity index (χ4n) is 1.72. The summed E-state index contributed by atoms with van der Waals surface area (Å²) in [4.78, 5) is 45.3. The number of carbonyl (C=O) groups excluding carboxylic acids is 3. The molecule has 2 rings (SSSR count). The molecule has 0 aliphatic carbocycles. The van der Waals surface area contributed by atoms with Gasteiger partial charge in [-0.05, 0) is 12.1 Å². The van der Waals surface area contributed by atoms with Crippen molar-refractivity contribution < 1.29 is 24.0 Å². The van der Waals surface area contributed by atoms with Crippen LogP contribution in [-0.2, 0) is 9.53 Å². The number of benzene rings is 1. The fraction of sp³-hybridized carbons (Fsp3) is 0.250. The number of non-ortho nitro benzene ring substituents is 1. The molecule has 0 spiro atoms. The second-order valence-electron chi connectivity index (χ2n) is 4.16. The van der Waals surface area contributed by atoms with E-state index in [-0.39, 0.29) is 17.8 Å². The van der Waals surface area contributed by atoms with Crippen LogP contribution >= 0.6 is 0 Å². The van der Waals surface area contributed by atoms with E-state index in [4.69, 9.17) is 4.74 Å². The van der Waals surface area contributed by atoms with Crippen LogP contribution in [0.5, 0.6) is 0 Å². The normalized spacial score (nSPS) is 13.7. The Bertz CT molecular complexity index is 598. The van der Waals surface area contributed by atoms with E-state index < -0.39 is 29.4 Å². The van der Waals surface area contributed by atoms with Crippen LogP contribution < -0.4 is 5.32 Å². The quantitative estimate of drug-likeness (QED) is 0.484. The Labute approximate surface area is 118 Å². The van der Waals surface area contributed by atoms with Crippen molar-refractivity contribution in [2.24, 2.45) is 0 Å². The molecular formula is C12H11N3O6. The summed E-state index contributed by atoms with van der Waals surface area (Å²) < 4.78 is 4.77. The van der Waals surface area contributed by atoms with Crippen LogP contribution in [0.15, 0.2) is 24.3 Å². The number of rotatable bonds is 4. The Morgan fingerprint density at radius 3 is 2.52 bits per heavy atom. The van der Waals surface area contributed by atoms with Gasteiger partial charge in [-0.2, -0.15) is 0 Å². The van der Waals surface area contributed by atoms with Crippen molar-refractivity contribution in [1.82, 2.24) is 10.2 Å². The maximum absolute atomic E-state index is 11.7. The summed E-state index contributed by atoms with van der Waals surface area (Å²) in [5.74, 6) is -1.42. The molecule has 0 aromatic heterocycles. The molecule has 0 atom stereocenters. The Kier molecular flexibility index (Phi) is 4.12. The van der Waals surface area contributed by atoms with Gasteiger partial charge >= 0.3 is 12.0 Å². The number of hydrogen-bond donors (Lipinski definition) is 1. The van der Waals surface area contributed by atoms with Crippen LogP contribution in [0, 0.1) is 10.1 Å². The van der Waals surface area contributed by atoms with Crippen molar-refractivity contribution in [3.8, 4) is 0 Å². The van der Waals surface area contributed by atoms with E-state index in [2.05, 4.69) is 5.32 Å². The smallest absolute Gasteiger partial charge is 0.338 e. The molecule has 9 heteroatoms. The zero-order chi connectivity index (χ0) is 15.4. The molecule has 0 unspecified atom stereocenters. The molecule has 3 amide bonds. The van der Waals surface area contributed by atoms with Crippen LogP contribution in [0.3, 0.4) is 0 Å². The van der Waals surface area contributed by atoms with E-state index in [1.165, 1.54) is 12.1 Å². The number of nitro groups is 1. The van der Waals surface area contributed by atoms with Crippen LogP contribution in [-0.4, -0.2) is 47.4 Å². The highest BCUT2D eigenvalue weighted by Gasteiger charge is 2.26. The van der Waals surface area contributed by atoms with Gasteiger partial charge in [0.1, 0.15) is 0 Å². The molecule has 1 fully saturated rings. The highest BCUT2D eigenvalue weighted by Crippen LogP contribution is 2.12. The van der Waals surface area contributed by atoms with Gasteiger partial charge in [0, 0.05) is 25.2 Å². The zero-order valence-corrected chi connectivity index (χ0v) is 10.8. The first kappa shape index (κ1) is 14.4. The molecule has 1 N–H and O–H groups in total. The second-order valence-corrected chi connectivity index (χ2v) is 4.16. The summed E-state index contributed by atoms with van der Waals surface area (Å²) in [5, 5.41) is 12.9. The van der Waals surface area contributed by atoms with Gasteiger partial charge in [-0.1, -0.05) is 0 Å². The van der Waals surface area contributed by atoms with Crippen LogP contribution in [0.25, 0.3) is 0 Å². The number of carbonyl (C=O) groups is 3. The molecule has 21 heavy (non-hydrogen) atoms. The number of nitrogens with one attached hydrogen (secondary N) is 1. The highest BCUT2D eigenvalue weighted by atomic mass is 16.6. The van der Waals surface area contributed by atoms with E-state index in [1.54, 1.807) is 0 Å². The molecular weight excluding hydrogens is 282 g/mol. The molecule has 110 valence electrons. The Balaban J connectivity index is 1.91. The summed E-state index contributed by atoms with van der Waals surface area (Å²) in [6, 6.07) is 4.26. The van der Waals surface area contributed by atoms with Crippen LogP contribution in [0.4, 0.5) is 10.5 Å². The molecule has 1 heterocycles. The van der Waals surface area contributed by atoms with Crippen molar-refractivity contribution >= 4 is 23.6 Å². The third-order valence-electron chi connectivity index (χ3n) is 2.80. The number of nitrogens with zero attached hydrogens (tertiary/aromatic N) is 2. The number of urea groups is 1. The molecule has 1 aromatic rings. The zero-order valence-electron chi connectivity index (χ0n) is 10.8. The minimum atomic E-state index is -0.794. The van der Waals surface area contributed by atoms with Gasteiger partial charge in [0.2, 0.25) is 0 Å². The Hall–Kier alpha value is -2.97. The lowest BCUT2D eigenvalue weighted by Crippen LogP contribution is -2.37. The highest BCUT2D eigenvalue weighted by molar-refractivity contribution is 5.98. The van der Waals surface area contributed by atoms with E-state index in [1.807, 2.05) is 0 Å². The average Bonchev–Trinajstić information content (AvgIpc) is 2.90. The standard InChI is InChI=1S/C12H11N3O6/c16-10(14-6-5-13-12(14)18)7-21-11(17)8-1-3-9(4-2-8)15(19)20/h1-4H,5-7H2,(H,13,18). The second kappa shape index (κ2) is 5.99. The first-order chi connectivity index (χ1) is 9.99. The third kappa shape index (κ3) is 3.32. The Morgan fingerprint density at radius 2 is 2.00 bits per heavy atom. The average molecular weight is 293 g/mol. The maximum atomic E-state index is 11.7. The van der Waals surface area contributed by atoms with Crippen molar-refractivity contribution in [1.29, 1.82) is 0 Å². The first-order valence-corrected chi connectivity index (χ1v) is 5.99. The summed E-state index contributed by atoms with van der Waals surface area (Å²) in [7, 11) is 0. The molecule has 9 nitrogen and oxygen atoms in total. The number of amides is 3. The van der Waals surface area contributed by atoms with Crippen molar-refractivity contribution in [2.75, 3.05) is 19.7 Å². The maximum Gasteiger partial charge on any atom is 0.338 e. The summed E-state index contributed by atoms with van der Waals surface area (Å²) in [6.07, 6.45) is 0. The van der Waals surface area contributed by atoms with Crippen LogP contribution in [0.1, 0.15) is 10.4 Å². The third-order valence-corrected chi connectivity index (χ3v) is 2.80. The monoisotopic (exact) mass is 293 g/mol. The number of ether oxygens (including phenoxy) is 1. The van der Waals surface area contributed by atoms with Gasteiger partial charge in [0.15, 0.2) is 6.61 Å². The number of nitro benzene ring substituents is 1. The van der Waals surface area contributed by atoms with Crippen molar-refractivity contribution in [3.05, 3.63) is 39.9 Å². The summed E-state index contributed by atoms with van der Waals surface area (Å²) in [5.41, 5.74) is -0.0735. The largest absolute Gasteiger partial charge is 0.452 e. The summed E-state index contributed by atoms with van der Waals surface area (Å²) >= 11 is 0. The number of esters is 1. The minimum Gasteiger partial charge on any atom is -0.452 e. The molecule has 1 aromatic carbocycles. The van der Waals surface area contributed by atoms with Gasteiger partial charge in [-0.15, -0.1) is 0 Å². The van der Waals surface area contributed by atoms with Gasteiger partial charge in [-0.25, -0.2) is 9.59 Å². The van der Waals surface area contributed by atoms with E-state index in [0.717, 1.165) is 17.0 Å². The molecule has 0 bridgehead atoms. The van der Waals surface area contributed by atoms with E-state index >= 15 is 0 Å². The van der Waals surface area contributed by atoms with Gasteiger partial charge < -0.3 is 10.1 Å². The molecule has 1 saturated heterocycles. The van der Waals surface area contributed by atoms with Gasteiger partial charge in [0.05, 0.1) is 10.5 Å². The molecule has 1 aliphatic rings. The molecule has 0 radical (unpaired) electrons. The first-order valence-electron chi connectivity index (χ1n) is 5.99. The predicted molar refractivity (Wildman–Crippen MR) is 68.5 cm³/mol.